The smallest absolute Gasteiger partial charge is 0.0887 e. The molecule has 1 heterocycles. The van der Waals surface area contributed by atoms with Gasteiger partial charge in [0, 0.05) is 12.3 Å². The fraction of sp³-hybridized carbons (Fsp3) is 0.500. The molecule has 0 aromatic carbocycles. The van der Waals surface area contributed by atoms with Crippen molar-refractivity contribution < 1.29 is 4.74 Å². The van der Waals surface area contributed by atoms with Crippen molar-refractivity contribution in [2.45, 2.75) is 27.4 Å². The zero-order valence-electron chi connectivity index (χ0n) is 7.92. The summed E-state index contributed by atoms with van der Waals surface area (Å²) in [7, 11) is 0. The average molecular weight is 165 g/mol. The van der Waals surface area contributed by atoms with Gasteiger partial charge in [0.05, 0.1) is 12.3 Å². The summed E-state index contributed by atoms with van der Waals surface area (Å²) in [5.74, 6) is 0. The van der Waals surface area contributed by atoms with Crippen LogP contribution in [0, 0.1) is 13.8 Å². The van der Waals surface area contributed by atoms with Gasteiger partial charge in [-0.15, -0.1) is 0 Å². The van der Waals surface area contributed by atoms with E-state index in [1.807, 2.05) is 13.8 Å². The zero-order chi connectivity index (χ0) is 8.97. The van der Waals surface area contributed by atoms with Gasteiger partial charge in [-0.2, -0.15) is 0 Å². The van der Waals surface area contributed by atoms with Gasteiger partial charge in [-0.3, -0.25) is 4.98 Å². The van der Waals surface area contributed by atoms with Crippen molar-refractivity contribution in [2.24, 2.45) is 0 Å². The summed E-state index contributed by atoms with van der Waals surface area (Å²) in [6.45, 7) is 7.43. The molecule has 0 radical (unpaired) electrons. The van der Waals surface area contributed by atoms with E-state index in [0.29, 0.717) is 6.61 Å². The zero-order valence-corrected chi connectivity index (χ0v) is 7.92. The lowest BCUT2D eigenvalue weighted by molar-refractivity contribution is 0.131. The number of aromatic nitrogens is 1. The summed E-state index contributed by atoms with van der Waals surface area (Å²) in [4.78, 5) is 4.35. The van der Waals surface area contributed by atoms with Gasteiger partial charge in [0.15, 0.2) is 0 Å². The van der Waals surface area contributed by atoms with Gasteiger partial charge in [0.25, 0.3) is 0 Å². The molecule has 0 spiro atoms. The van der Waals surface area contributed by atoms with Crippen LogP contribution < -0.4 is 0 Å². The number of rotatable bonds is 3. The molecule has 12 heavy (non-hydrogen) atoms. The minimum Gasteiger partial charge on any atom is -0.375 e. The SMILES string of the molecule is CCOCc1cc(C)cc(C)n1. The van der Waals surface area contributed by atoms with E-state index in [2.05, 4.69) is 24.0 Å². The maximum absolute atomic E-state index is 5.27. The van der Waals surface area contributed by atoms with E-state index in [1.54, 1.807) is 0 Å². The topological polar surface area (TPSA) is 22.1 Å². The lowest BCUT2D eigenvalue weighted by atomic mass is 10.2. The molecule has 1 aromatic heterocycles. The average Bonchev–Trinajstić information content (AvgIpc) is 1.99. The van der Waals surface area contributed by atoms with Gasteiger partial charge >= 0.3 is 0 Å². The Hall–Kier alpha value is -0.890. The van der Waals surface area contributed by atoms with E-state index in [9.17, 15) is 0 Å². The van der Waals surface area contributed by atoms with Crippen LogP contribution in [0.5, 0.6) is 0 Å². The number of ether oxygens (including phenoxy) is 1. The molecule has 0 atom stereocenters. The van der Waals surface area contributed by atoms with E-state index < -0.39 is 0 Å². The lowest BCUT2D eigenvalue weighted by Crippen LogP contribution is -1.97. The minimum atomic E-state index is 0.624. The second-order valence-corrected chi connectivity index (χ2v) is 2.91. The highest BCUT2D eigenvalue weighted by Gasteiger charge is 1.96. The largest absolute Gasteiger partial charge is 0.375 e. The second-order valence-electron chi connectivity index (χ2n) is 2.91. The van der Waals surface area contributed by atoms with E-state index in [1.165, 1.54) is 5.56 Å². The Morgan fingerprint density at radius 2 is 2.08 bits per heavy atom. The molecule has 0 aliphatic heterocycles. The molecule has 2 nitrogen and oxygen atoms in total. The highest BCUT2D eigenvalue weighted by molar-refractivity contribution is 5.18. The first-order valence-electron chi connectivity index (χ1n) is 4.24. The summed E-state index contributed by atoms with van der Waals surface area (Å²) in [5, 5.41) is 0. The van der Waals surface area contributed by atoms with E-state index in [0.717, 1.165) is 18.0 Å². The number of hydrogen-bond acceptors (Lipinski definition) is 2. The fourth-order valence-corrected chi connectivity index (χ4v) is 1.21. The first-order valence-corrected chi connectivity index (χ1v) is 4.24. The van der Waals surface area contributed by atoms with Gasteiger partial charge in [-0.05, 0) is 38.5 Å². The van der Waals surface area contributed by atoms with Crippen molar-refractivity contribution in [1.29, 1.82) is 0 Å². The Morgan fingerprint density at radius 3 is 2.67 bits per heavy atom. The Morgan fingerprint density at radius 1 is 1.33 bits per heavy atom. The molecule has 0 unspecified atom stereocenters. The van der Waals surface area contributed by atoms with Crippen molar-refractivity contribution in [3.63, 3.8) is 0 Å². The van der Waals surface area contributed by atoms with Crippen molar-refractivity contribution in [3.05, 3.63) is 29.1 Å². The molecule has 66 valence electrons. The van der Waals surface area contributed by atoms with Crippen LogP contribution in [0.1, 0.15) is 23.9 Å². The van der Waals surface area contributed by atoms with Crippen molar-refractivity contribution in [2.75, 3.05) is 6.61 Å². The van der Waals surface area contributed by atoms with E-state index in [-0.39, 0.29) is 0 Å². The summed E-state index contributed by atoms with van der Waals surface area (Å²) < 4.78 is 5.27. The van der Waals surface area contributed by atoms with Crippen molar-refractivity contribution >= 4 is 0 Å². The van der Waals surface area contributed by atoms with Crippen molar-refractivity contribution in [1.82, 2.24) is 4.98 Å². The third-order valence-corrected chi connectivity index (χ3v) is 1.60. The molecule has 0 N–H and O–H groups in total. The maximum atomic E-state index is 5.27. The third-order valence-electron chi connectivity index (χ3n) is 1.60. The molecule has 0 aliphatic rings. The predicted octanol–water partition coefficient (Wildman–Crippen LogP) is 2.23. The van der Waals surface area contributed by atoms with E-state index >= 15 is 0 Å². The monoisotopic (exact) mass is 165 g/mol. The highest BCUT2D eigenvalue weighted by atomic mass is 16.5. The molecular formula is C10H15NO. The molecule has 0 aliphatic carbocycles. The van der Waals surface area contributed by atoms with Crippen LogP contribution in [-0.4, -0.2) is 11.6 Å². The summed E-state index contributed by atoms with van der Waals surface area (Å²) in [5.41, 5.74) is 3.33. The molecule has 0 fully saturated rings. The molecule has 1 rings (SSSR count). The summed E-state index contributed by atoms with van der Waals surface area (Å²) >= 11 is 0. The van der Waals surface area contributed by atoms with Gasteiger partial charge in [0.2, 0.25) is 0 Å². The lowest BCUT2D eigenvalue weighted by Gasteiger charge is -2.03. The van der Waals surface area contributed by atoms with Gasteiger partial charge in [-0.25, -0.2) is 0 Å². The fourth-order valence-electron chi connectivity index (χ4n) is 1.21. The van der Waals surface area contributed by atoms with Crippen LogP contribution in [0.2, 0.25) is 0 Å². The van der Waals surface area contributed by atoms with Gasteiger partial charge in [0.1, 0.15) is 0 Å². The number of nitrogens with zero attached hydrogens (tertiary/aromatic N) is 1. The van der Waals surface area contributed by atoms with Crippen molar-refractivity contribution in [3.8, 4) is 0 Å². The van der Waals surface area contributed by atoms with Crippen LogP contribution in [0.25, 0.3) is 0 Å². The summed E-state index contributed by atoms with van der Waals surface area (Å²) in [6.07, 6.45) is 0. The summed E-state index contributed by atoms with van der Waals surface area (Å²) in [6, 6.07) is 4.12. The number of pyridine rings is 1. The van der Waals surface area contributed by atoms with Crippen LogP contribution >= 0.6 is 0 Å². The first-order chi connectivity index (χ1) is 5.72. The molecule has 0 amide bonds. The van der Waals surface area contributed by atoms with E-state index in [4.69, 9.17) is 4.74 Å². The second kappa shape index (κ2) is 4.21. The molecule has 0 saturated carbocycles. The molecule has 0 saturated heterocycles. The quantitative estimate of drug-likeness (QED) is 0.685. The number of hydrogen-bond donors (Lipinski definition) is 0. The first kappa shape index (κ1) is 9.20. The van der Waals surface area contributed by atoms with Gasteiger partial charge < -0.3 is 4.74 Å². The van der Waals surface area contributed by atoms with Gasteiger partial charge in [-0.1, -0.05) is 0 Å². The predicted molar refractivity (Wildman–Crippen MR) is 49.0 cm³/mol. The van der Waals surface area contributed by atoms with Crippen LogP contribution in [-0.2, 0) is 11.3 Å². The normalized spacial score (nSPS) is 10.2. The standard InChI is InChI=1S/C10H15NO/c1-4-12-7-10-6-8(2)5-9(3)11-10/h5-6H,4,7H2,1-3H3. The highest BCUT2D eigenvalue weighted by Crippen LogP contribution is 2.05. The number of aryl methyl sites for hydroxylation is 2. The third kappa shape index (κ3) is 2.62. The maximum Gasteiger partial charge on any atom is 0.0887 e. The Balaban J connectivity index is 2.72. The van der Waals surface area contributed by atoms with Crippen LogP contribution in [0.4, 0.5) is 0 Å². The van der Waals surface area contributed by atoms with Crippen LogP contribution in [0.3, 0.4) is 0 Å². The Kier molecular flexibility index (Phi) is 3.23. The minimum absolute atomic E-state index is 0.624. The van der Waals surface area contributed by atoms with Crippen LogP contribution in [0.15, 0.2) is 12.1 Å². The molecular weight excluding hydrogens is 150 g/mol. The Bertz CT molecular complexity index is 238. The molecule has 2 heteroatoms. The molecule has 0 bridgehead atoms. The Labute approximate surface area is 73.6 Å². The molecule has 1 aromatic rings.